The number of carboxylic acids is 1. The fourth-order valence-electron chi connectivity index (χ4n) is 3.01. The Morgan fingerprint density at radius 2 is 1.88 bits per heavy atom. The summed E-state index contributed by atoms with van der Waals surface area (Å²) in [5, 5.41) is 9.15. The molecule has 0 radical (unpaired) electrons. The first-order chi connectivity index (χ1) is 7.32. The molecule has 2 atom stereocenters. The summed E-state index contributed by atoms with van der Waals surface area (Å²) in [5.41, 5.74) is -0.848. The Bertz CT molecular complexity index is 288. The molecule has 16 heavy (non-hydrogen) atoms. The molecule has 2 aliphatic rings. The van der Waals surface area contributed by atoms with E-state index in [1.807, 2.05) is 0 Å². The summed E-state index contributed by atoms with van der Waals surface area (Å²) in [6, 6.07) is 0. The Labute approximate surface area is 91.8 Å². The zero-order valence-electron chi connectivity index (χ0n) is 8.89. The van der Waals surface area contributed by atoms with Crippen LogP contribution in [0.5, 0.6) is 0 Å². The van der Waals surface area contributed by atoms with Crippen molar-refractivity contribution in [1.82, 2.24) is 0 Å². The highest BCUT2D eigenvalue weighted by molar-refractivity contribution is 5.75. The standard InChI is InChI=1S/C11H15F3O2/c12-11(13,14)3-1-2-10(9(15)16)5-7-4-8(7)6-10/h7-8H,1-6H2,(H,15,16). The van der Waals surface area contributed by atoms with Crippen LogP contribution in [0.4, 0.5) is 13.2 Å². The first-order valence-corrected chi connectivity index (χ1v) is 5.63. The molecule has 5 heteroatoms. The van der Waals surface area contributed by atoms with Crippen molar-refractivity contribution in [2.45, 2.75) is 44.7 Å². The second kappa shape index (κ2) is 3.64. The lowest BCUT2D eigenvalue weighted by Crippen LogP contribution is -2.29. The molecule has 2 nitrogen and oxygen atoms in total. The average Bonchev–Trinajstić information content (AvgIpc) is 2.72. The Balaban J connectivity index is 1.87. The SMILES string of the molecule is O=C(O)C1(CCCC(F)(F)F)CC2CC2C1. The lowest BCUT2D eigenvalue weighted by atomic mass is 9.78. The molecule has 0 saturated heterocycles. The third-order valence-electron chi connectivity index (χ3n) is 3.94. The molecule has 0 bridgehead atoms. The number of hydrogen-bond acceptors (Lipinski definition) is 1. The molecule has 92 valence electrons. The third kappa shape index (κ3) is 2.33. The van der Waals surface area contributed by atoms with Gasteiger partial charge in [-0.2, -0.15) is 13.2 Å². The number of alkyl halides is 3. The smallest absolute Gasteiger partial charge is 0.389 e. The number of fused-ring (bicyclic) bond motifs is 1. The highest BCUT2D eigenvalue weighted by Crippen LogP contribution is 2.61. The van der Waals surface area contributed by atoms with E-state index >= 15 is 0 Å². The molecule has 0 aromatic carbocycles. The summed E-state index contributed by atoms with van der Waals surface area (Å²) in [5.74, 6) is 0.0471. The quantitative estimate of drug-likeness (QED) is 0.813. The predicted molar refractivity (Wildman–Crippen MR) is 50.8 cm³/mol. The molecule has 0 spiro atoms. The van der Waals surface area contributed by atoms with E-state index in [1.54, 1.807) is 0 Å². The van der Waals surface area contributed by atoms with Gasteiger partial charge in [0, 0.05) is 6.42 Å². The second-order valence-electron chi connectivity index (χ2n) is 5.22. The molecule has 0 aromatic heterocycles. The van der Waals surface area contributed by atoms with E-state index in [-0.39, 0.29) is 12.8 Å². The van der Waals surface area contributed by atoms with Gasteiger partial charge in [-0.1, -0.05) is 0 Å². The summed E-state index contributed by atoms with van der Waals surface area (Å²) in [4.78, 5) is 11.2. The highest BCUT2D eigenvalue weighted by atomic mass is 19.4. The predicted octanol–water partition coefficient (Wildman–Crippen LogP) is 3.22. The summed E-state index contributed by atoms with van der Waals surface area (Å²) in [7, 11) is 0. The van der Waals surface area contributed by atoms with E-state index in [0.717, 1.165) is 6.42 Å². The minimum atomic E-state index is -4.17. The summed E-state index contributed by atoms with van der Waals surface area (Å²) < 4.78 is 36.0. The average molecular weight is 236 g/mol. The zero-order chi connectivity index (χ0) is 12.0. The lowest BCUT2D eigenvalue weighted by Gasteiger charge is -2.26. The van der Waals surface area contributed by atoms with Crippen molar-refractivity contribution in [2.75, 3.05) is 0 Å². The third-order valence-corrected chi connectivity index (χ3v) is 3.94. The molecule has 0 aromatic rings. The van der Waals surface area contributed by atoms with E-state index in [4.69, 9.17) is 5.11 Å². The summed E-state index contributed by atoms with van der Waals surface area (Å²) in [6.07, 6.45) is -2.66. The van der Waals surface area contributed by atoms with Crippen molar-refractivity contribution in [2.24, 2.45) is 17.3 Å². The Hall–Kier alpha value is -0.740. The van der Waals surface area contributed by atoms with Crippen LogP contribution in [0.3, 0.4) is 0 Å². The molecule has 1 N–H and O–H groups in total. The first-order valence-electron chi connectivity index (χ1n) is 5.63. The van der Waals surface area contributed by atoms with Crippen molar-refractivity contribution in [1.29, 1.82) is 0 Å². The van der Waals surface area contributed by atoms with Gasteiger partial charge in [0.1, 0.15) is 0 Å². The van der Waals surface area contributed by atoms with Crippen molar-refractivity contribution < 1.29 is 23.1 Å². The van der Waals surface area contributed by atoms with Gasteiger partial charge in [-0.25, -0.2) is 0 Å². The van der Waals surface area contributed by atoms with Gasteiger partial charge < -0.3 is 5.11 Å². The number of carbonyl (C=O) groups is 1. The number of halogens is 3. The van der Waals surface area contributed by atoms with E-state index in [2.05, 4.69) is 0 Å². The summed E-state index contributed by atoms with van der Waals surface area (Å²) in [6.45, 7) is 0. The van der Waals surface area contributed by atoms with Crippen LogP contribution in [0.15, 0.2) is 0 Å². The van der Waals surface area contributed by atoms with Gasteiger partial charge in [0.2, 0.25) is 0 Å². The van der Waals surface area contributed by atoms with Crippen LogP contribution in [0.2, 0.25) is 0 Å². The second-order valence-corrected chi connectivity index (χ2v) is 5.22. The topological polar surface area (TPSA) is 37.3 Å². The van der Waals surface area contributed by atoms with Gasteiger partial charge in [0.15, 0.2) is 0 Å². The normalized spacial score (nSPS) is 37.2. The van der Waals surface area contributed by atoms with Crippen LogP contribution in [-0.4, -0.2) is 17.3 Å². The number of hydrogen-bond donors (Lipinski definition) is 1. The van der Waals surface area contributed by atoms with Crippen LogP contribution in [0, 0.1) is 17.3 Å². The molecule has 2 unspecified atom stereocenters. The van der Waals surface area contributed by atoms with Gasteiger partial charge in [-0.05, 0) is 43.9 Å². The van der Waals surface area contributed by atoms with Crippen LogP contribution in [0.25, 0.3) is 0 Å². The molecule has 0 heterocycles. The maximum Gasteiger partial charge on any atom is 0.389 e. The molecule has 0 aliphatic heterocycles. The van der Waals surface area contributed by atoms with Gasteiger partial charge >= 0.3 is 12.1 Å². The Morgan fingerprint density at radius 1 is 1.31 bits per heavy atom. The van der Waals surface area contributed by atoms with Gasteiger partial charge in [-0.15, -0.1) is 0 Å². The van der Waals surface area contributed by atoms with Gasteiger partial charge in [0.05, 0.1) is 5.41 Å². The van der Waals surface area contributed by atoms with Crippen LogP contribution in [0.1, 0.15) is 38.5 Å². The van der Waals surface area contributed by atoms with E-state index < -0.39 is 24.0 Å². The maximum atomic E-state index is 12.0. The minimum absolute atomic E-state index is 0.0603. The molecule has 2 rings (SSSR count). The fraction of sp³-hybridized carbons (Fsp3) is 0.909. The molecule has 2 aliphatic carbocycles. The molecule has 2 fully saturated rings. The van der Waals surface area contributed by atoms with Crippen molar-refractivity contribution in [3.8, 4) is 0 Å². The molecular weight excluding hydrogens is 221 g/mol. The number of carboxylic acid groups (broad SMARTS) is 1. The van der Waals surface area contributed by atoms with Crippen LogP contribution >= 0.6 is 0 Å². The number of aliphatic carboxylic acids is 1. The molecule has 0 amide bonds. The molecular formula is C11H15F3O2. The van der Waals surface area contributed by atoms with Crippen LogP contribution < -0.4 is 0 Å². The summed E-state index contributed by atoms with van der Waals surface area (Å²) >= 11 is 0. The maximum absolute atomic E-state index is 12.0. The largest absolute Gasteiger partial charge is 0.481 e. The molecule has 2 saturated carbocycles. The first kappa shape index (κ1) is 11.7. The Morgan fingerprint density at radius 3 is 2.31 bits per heavy atom. The minimum Gasteiger partial charge on any atom is -0.481 e. The number of rotatable bonds is 4. The van der Waals surface area contributed by atoms with Gasteiger partial charge in [0.25, 0.3) is 0 Å². The van der Waals surface area contributed by atoms with Gasteiger partial charge in [-0.3, -0.25) is 4.79 Å². The van der Waals surface area contributed by atoms with Crippen molar-refractivity contribution in [3.05, 3.63) is 0 Å². The van der Waals surface area contributed by atoms with E-state index in [9.17, 15) is 18.0 Å². The van der Waals surface area contributed by atoms with Crippen molar-refractivity contribution >= 4 is 5.97 Å². The fourth-order valence-corrected chi connectivity index (χ4v) is 3.01. The Kier molecular flexibility index (Phi) is 2.67. The zero-order valence-corrected chi connectivity index (χ0v) is 8.89. The lowest BCUT2D eigenvalue weighted by molar-refractivity contribution is -0.153. The van der Waals surface area contributed by atoms with Crippen LogP contribution in [-0.2, 0) is 4.79 Å². The highest BCUT2D eigenvalue weighted by Gasteiger charge is 2.57. The van der Waals surface area contributed by atoms with E-state index in [1.165, 1.54) is 0 Å². The monoisotopic (exact) mass is 236 g/mol. The van der Waals surface area contributed by atoms with Crippen molar-refractivity contribution in [3.63, 3.8) is 0 Å². The van der Waals surface area contributed by atoms with E-state index in [0.29, 0.717) is 24.7 Å².